The highest BCUT2D eigenvalue weighted by Crippen LogP contribution is 2.12. The molecule has 0 aliphatic carbocycles. The number of ether oxygens (including phenoxy) is 1. The lowest BCUT2D eigenvalue weighted by Crippen LogP contribution is -2.43. The van der Waals surface area contributed by atoms with E-state index >= 15 is 0 Å². The molecule has 0 radical (unpaired) electrons. The lowest BCUT2D eigenvalue weighted by Gasteiger charge is -2.18. The molecular weight excluding hydrogens is 481 g/mol. The molecule has 1 aromatic rings. The molecule has 7 nitrogen and oxygen atoms in total. The minimum Gasteiger partial charge on any atom is -0.491 e. The van der Waals surface area contributed by atoms with Crippen molar-refractivity contribution >= 4 is 39.8 Å². The van der Waals surface area contributed by atoms with Gasteiger partial charge in [-0.2, -0.15) is 0 Å². The minimum atomic E-state index is -2.99. The average Bonchev–Trinajstić information content (AvgIpc) is 2.56. The third kappa shape index (κ3) is 12.9. The highest BCUT2D eigenvalue weighted by atomic mass is 127. The Kier molecular flexibility index (Phi) is 12.6. The molecule has 0 aliphatic rings. The number of aliphatic hydroxyl groups excluding tert-OH is 1. The molecule has 3 N–H and O–H groups in total. The van der Waals surface area contributed by atoms with Crippen molar-refractivity contribution in [2.75, 3.05) is 31.7 Å². The summed E-state index contributed by atoms with van der Waals surface area (Å²) in [5.41, 5.74) is 1.09. The van der Waals surface area contributed by atoms with E-state index in [9.17, 15) is 13.5 Å². The van der Waals surface area contributed by atoms with Crippen LogP contribution in [-0.4, -0.2) is 63.3 Å². The van der Waals surface area contributed by atoms with Gasteiger partial charge in [-0.25, -0.2) is 8.42 Å². The molecule has 2 unspecified atom stereocenters. The van der Waals surface area contributed by atoms with Crippen molar-refractivity contribution in [3.05, 3.63) is 29.8 Å². The maximum absolute atomic E-state index is 11.3. The summed E-state index contributed by atoms with van der Waals surface area (Å²) in [5.74, 6) is 1.38. The van der Waals surface area contributed by atoms with Crippen molar-refractivity contribution in [1.82, 2.24) is 10.6 Å². The number of aliphatic imine (C=N–C) groups is 1. The van der Waals surface area contributed by atoms with Crippen LogP contribution in [0.1, 0.15) is 25.8 Å². The van der Waals surface area contributed by atoms with Gasteiger partial charge in [0.05, 0.1) is 12.3 Å². The maximum Gasteiger partial charge on any atom is 0.191 e. The van der Waals surface area contributed by atoms with Crippen molar-refractivity contribution in [3.8, 4) is 5.75 Å². The monoisotopic (exact) mass is 513 g/mol. The van der Waals surface area contributed by atoms with Crippen LogP contribution in [0.5, 0.6) is 5.75 Å². The number of rotatable bonds is 10. The van der Waals surface area contributed by atoms with E-state index in [1.54, 1.807) is 0 Å². The van der Waals surface area contributed by atoms with Crippen LogP contribution < -0.4 is 15.4 Å². The van der Waals surface area contributed by atoms with Gasteiger partial charge >= 0.3 is 0 Å². The Hall–Kier alpha value is -1.07. The number of hydrogen-bond acceptors (Lipinski definition) is 5. The summed E-state index contributed by atoms with van der Waals surface area (Å²) in [4.78, 5) is 4.34. The molecular formula is C18H32IN3O4S. The zero-order valence-corrected chi connectivity index (χ0v) is 19.6. The van der Waals surface area contributed by atoms with E-state index in [1.807, 2.05) is 45.0 Å². The summed E-state index contributed by atoms with van der Waals surface area (Å²) >= 11 is 0. The van der Waals surface area contributed by atoms with Crippen molar-refractivity contribution in [2.24, 2.45) is 4.99 Å². The van der Waals surface area contributed by atoms with Gasteiger partial charge in [-0.15, -0.1) is 24.0 Å². The van der Waals surface area contributed by atoms with Crippen LogP contribution in [0.3, 0.4) is 0 Å². The Morgan fingerprint density at radius 2 is 2.07 bits per heavy atom. The zero-order chi connectivity index (χ0) is 19.6. The molecule has 1 rings (SSSR count). The van der Waals surface area contributed by atoms with Gasteiger partial charge in [0.1, 0.15) is 28.3 Å². The second-order valence-corrected chi connectivity index (χ2v) is 8.72. The predicted molar refractivity (Wildman–Crippen MR) is 121 cm³/mol. The van der Waals surface area contributed by atoms with Gasteiger partial charge in [0.15, 0.2) is 5.96 Å². The quantitative estimate of drug-likeness (QED) is 0.251. The van der Waals surface area contributed by atoms with Gasteiger partial charge in [0, 0.05) is 18.8 Å². The molecule has 2 atom stereocenters. The molecule has 0 spiro atoms. The van der Waals surface area contributed by atoms with Gasteiger partial charge in [-0.1, -0.05) is 12.1 Å². The van der Waals surface area contributed by atoms with E-state index in [0.717, 1.165) is 5.56 Å². The summed E-state index contributed by atoms with van der Waals surface area (Å²) in [7, 11) is -2.99. The predicted octanol–water partition coefficient (Wildman–Crippen LogP) is 1.73. The van der Waals surface area contributed by atoms with Crippen molar-refractivity contribution in [3.63, 3.8) is 0 Å². The molecule has 156 valence electrons. The van der Waals surface area contributed by atoms with Crippen LogP contribution in [0.2, 0.25) is 0 Å². The number of aliphatic hydroxyl groups is 1. The molecule has 0 aliphatic heterocycles. The Bertz CT molecular complexity index is 683. The third-order valence-electron chi connectivity index (χ3n) is 3.54. The Balaban J connectivity index is 0.00000676. The molecule has 9 heteroatoms. The van der Waals surface area contributed by atoms with Crippen LogP contribution >= 0.6 is 24.0 Å². The zero-order valence-electron chi connectivity index (χ0n) is 16.4. The maximum atomic E-state index is 11.3. The summed E-state index contributed by atoms with van der Waals surface area (Å²) in [6.45, 7) is 6.81. The van der Waals surface area contributed by atoms with Crippen LogP contribution in [0, 0.1) is 6.92 Å². The summed E-state index contributed by atoms with van der Waals surface area (Å²) in [5, 5.41) is 16.3. The largest absolute Gasteiger partial charge is 0.491 e. The number of hydrogen-bond donors (Lipinski definition) is 3. The normalized spacial score (nSPS) is 14.0. The highest BCUT2D eigenvalue weighted by Gasteiger charge is 2.10. The van der Waals surface area contributed by atoms with E-state index < -0.39 is 15.9 Å². The first kappa shape index (κ1) is 25.9. The number of guanidine groups is 1. The van der Waals surface area contributed by atoms with E-state index in [-0.39, 0.29) is 48.9 Å². The first-order valence-electron chi connectivity index (χ1n) is 8.79. The molecule has 0 saturated carbocycles. The molecule has 0 saturated heterocycles. The van der Waals surface area contributed by atoms with Crippen molar-refractivity contribution < 1.29 is 18.3 Å². The molecule has 0 bridgehead atoms. The van der Waals surface area contributed by atoms with Gasteiger partial charge in [-0.05, 0) is 44.9 Å². The third-order valence-corrected chi connectivity index (χ3v) is 4.52. The van der Waals surface area contributed by atoms with Crippen molar-refractivity contribution in [1.29, 1.82) is 0 Å². The standard InChI is InChI=1S/C18H31N3O4S.HI/c1-5-19-18(21-15(3)9-10-26(4,23)24)20-12-16(22)13-25-17-8-6-7-14(2)11-17;/h6-8,11,15-16,22H,5,9-10,12-13H2,1-4H3,(H2,19,20,21);1H. The average molecular weight is 513 g/mol. The fourth-order valence-electron chi connectivity index (χ4n) is 2.16. The molecule has 0 amide bonds. The number of sulfone groups is 1. The van der Waals surface area contributed by atoms with Crippen molar-refractivity contribution in [2.45, 2.75) is 39.3 Å². The molecule has 1 aromatic carbocycles. The molecule has 27 heavy (non-hydrogen) atoms. The topological polar surface area (TPSA) is 100 Å². The van der Waals surface area contributed by atoms with Gasteiger partial charge in [-0.3, -0.25) is 4.99 Å². The number of nitrogens with zero attached hydrogens (tertiary/aromatic N) is 1. The summed E-state index contributed by atoms with van der Waals surface area (Å²) < 4.78 is 28.1. The first-order chi connectivity index (χ1) is 12.2. The second kappa shape index (κ2) is 13.2. The van der Waals surface area contributed by atoms with E-state index in [1.165, 1.54) is 6.26 Å². The van der Waals surface area contributed by atoms with Gasteiger partial charge < -0.3 is 20.5 Å². The fourth-order valence-corrected chi connectivity index (χ4v) is 2.95. The lowest BCUT2D eigenvalue weighted by atomic mass is 10.2. The number of halogens is 1. The van der Waals surface area contributed by atoms with E-state index in [2.05, 4.69) is 15.6 Å². The smallest absolute Gasteiger partial charge is 0.191 e. The molecule has 0 heterocycles. The summed E-state index contributed by atoms with van der Waals surface area (Å²) in [6.07, 6.45) is 0.976. The van der Waals surface area contributed by atoms with Gasteiger partial charge in [0.25, 0.3) is 0 Å². The van der Waals surface area contributed by atoms with Crippen LogP contribution in [0.4, 0.5) is 0 Å². The second-order valence-electron chi connectivity index (χ2n) is 6.46. The highest BCUT2D eigenvalue weighted by molar-refractivity contribution is 14.0. The lowest BCUT2D eigenvalue weighted by molar-refractivity contribution is 0.114. The number of aryl methyl sites for hydroxylation is 1. The SMILES string of the molecule is CCNC(=NCC(O)COc1cccc(C)c1)NC(C)CCS(C)(=O)=O.I. The van der Waals surface area contributed by atoms with Crippen LogP contribution in [0.25, 0.3) is 0 Å². The Morgan fingerprint density at radius 1 is 1.37 bits per heavy atom. The van der Waals surface area contributed by atoms with Crippen LogP contribution in [0.15, 0.2) is 29.3 Å². The Labute approximate surface area is 179 Å². The Morgan fingerprint density at radius 3 is 2.67 bits per heavy atom. The van der Waals surface area contributed by atoms with Gasteiger partial charge in [0.2, 0.25) is 0 Å². The first-order valence-corrected chi connectivity index (χ1v) is 10.9. The fraction of sp³-hybridized carbons (Fsp3) is 0.611. The molecule has 0 fully saturated rings. The summed E-state index contributed by atoms with van der Waals surface area (Å²) in [6, 6.07) is 7.58. The van der Waals surface area contributed by atoms with E-state index in [4.69, 9.17) is 4.74 Å². The minimum absolute atomic E-state index is 0. The van der Waals surface area contributed by atoms with Crippen LogP contribution in [-0.2, 0) is 9.84 Å². The number of benzene rings is 1. The number of nitrogens with one attached hydrogen (secondary N) is 2. The van der Waals surface area contributed by atoms with E-state index in [0.29, 0.717) is 24.7 Å². The molecule has 0 aromatic heterocycles.